The van der Waals surface area contributed by atoms with Crippen LogP contribution in [0, 0.1) is 6.92 Å². The molecule has 0 unspecified atom stereocenters. The summed E-state index contributed by atoms with van der Waals surface area (Å²) < 4.78 is 0. The molecule has 0 amide bonds. The maximum atomic E-state index is 2.47. The van der Waals surface area contributed by atoms with Crippen LogP contribution in [0.1, 0.15) is 18.4 Å². The van der Waals surface area contributed by atoms with Gasteiger partial charge in [-0.25, -0.2) is 0 Å². The molecule has 1 fully saturated rings. The molecular formula is C11H15N. The lowest BCUT2D eigenvalue weighted by Crippen LogP contribution is -2.17. The van der Waals surface area contributed by atoms with E-state index in [9.17, 15) is 0 Å². The molecule has 64 valence electrons. The molecule has 12 heavy (non-hydrogen) atoms. The quantitative estimate of drug-likeness (QED) is 0.612. The van der Waals surface area contributed by atoms with Crippen LogP contribution in [-0.4, -0.2) is 13.1 Å². The molecule has 0 aromatic heterocycles. The maximum absolute atomic E-state index is 2.47. The van der Waals surface area contributed by atoms with Crippen molar-refractivity contribution < 1.29 is 0 Å². The first kappa shape index (κ1) is 7.66. The van der Waals surface area contributed by atoms with Crippen LogP contribution in [0.4, 0.5) is 5.69 Å². The smallest absolute Gasteiger partial charge is 0.0368 e. The van der Waals surface area contributed by atoms with E-state index in [0.717, 1.165) is 0 Å². The van der Waals surface area contributed by atoms with E-state index in [1.807, 2.05) is 0 Å². The Kier molecular flexibility index (Phi) is 2.03. The van der Waals surface area contributed by atoms with Crippen molar-refractivity contribution in [1.29, 1.82) is 0 Å². The Morgan fingerprint density at radius 1 is 1.17 bits per heavy atom. The van der Waals surface area contributed by atoms with Crippen LogP contribution < -0.4 is 4.90 Å². The van der Waals surface area contributed by atoms with Gasteiger partial charge in [-0.2, -0.15) is 0 Å². The number of anilines is 1. The van der Waals surface area contributed by atoms with Gasteiger partial charge < -0.3 is 4.90 Å². The summed E-state index contributed by atoms with van der Waals surface area (Å²) in [6, 6.07) is 8.77. The van der Waals surface area contributed by atoms with Gasteiger partial charge in [0.05, 0.1) is 0 Å². The lowest BCUT2D eigenvalue weighted by atomic mass is 10.2. The summed E-state index contributed by atoms with van der Waals surface area (Å²) in [4.78, 5) is 2.47. The van der Waals surface area contributed by atoms with Gasteiger partial charge in [0, 0.05) is 18.8 Å². The van der Waals surface area contributed by atoms with Crippen LogP contribution >= 0.6 is 0 Å². The topological polar surface area (TPSA) is 3.24 Å². The first-order valence-electron chi connectivity index (χ1n) is 4.68. The second-order valence-electron chi connectivity index (χ2n) is 3.53. The number of rotatable bonds is 1. The van der Waals surface area contributed by atoms with Gasteiger partial charge in [-0.1, -0.05) is 12.1 Å². The van der Waals surface area contributed by atoms with Crippen LogP contribution in [0.3, 0.4) is 0 Å². The lowest BCUT2D eigenvalue weighted by Gasteiger charge is -2.17. The van der Waals surface area contributed by atoms with Gasteiger partial charge in [-0.05, 0) is 37.5 Å². The average molecular weight is 161 g/mol. The van der Waals surface area contributed by atoms with E-state index in [0.29, 0.717) is 0 Å². The Hall–Kier alpha value is -0.980. The molecule has 1 nitrogen and oxygen atoms in total. The number of hydrogen-bond acceptors (Lipinski definition) is 1. The predicted molar refractivity (Wildman–Crippen MR) is 52.6 cm³/mol. The molecule has 1 aliphatic heterocycles. The minimum atomic E-state index is 1.24. The first-order valence-corrected chi connectivity index (χ1v) is 4.68. The highest BCUT2D eigenvalue weighted by Crippen LogP contribution is 2.20. The summed E-state index contributed by atoms with van der Waals surface area (Å²) in [6.45, 7) is 4.63. The van der Waals surface area contributed by atoms with Crippen LogP contribution in [-0.2, 0) is 0 Å². The lowest BCUT2D eigenvalue weighted by molar-refractivity contribution is 0.949. The maximum Gasteiger partial charge on any atom is 0.0368 e. The average Bonchev–Trinajstić information content (AvgIpc) is 2.56. The van der Waals surface area contributed by atoms with Crippen molar-refractivity contribution in [2.45, 2.75) is 19.8 Å². The van der Waals surface area contributed by atoms with E-state index < -0.39 is 0 Å². The zero-order valence-electron chi connectivity index (χ0n) is 7.59. The Morgan fingerprint density at radius 2 is 1.92 bits per heavy atom. The molecule has 0 radical (unpaired) electrons. The first-order chi connectivity index (χ1) is 5.86. The van der Waals surface area contributed by atoms with E-state index in [1.165, 1.54) is 37.2 Å². The Morgan fingerprint density at radius 3 is 2.58 bits per heavy atom. The highest BCUT2D eigenvalue weighted by Gasteiger charge is 2.11. The van der Waals surface area contributed by atoms with E-state index in [2.05, 4.69) is 36.1 Å². The highest BCUT2D eigenvalue weighted by atomic mass is 15.1. The fraction of sp³-hybridized carbons (Fsp3) is 0.455. The monoisotopic (exact) mass is 161 g/mol. The van der Waals surface area contributed by atoms with E-state index in [1.54, 1.807) is 0 Å². The second kappa shape index (κ2) is 3.18. The SMILES string of the molecule is Cc1cccc(N2CCCC2)c1. The van der Waals surface area contributed by atoms with E-state index in [-0.39, 0.29) is 0 Å². The van der Waals surface area contributed by atoms with Crippen molar-refractivity contribution in [2.75, 3.05) is 18.0 Å². The number of hydrogen-bond donors (Lipinski definition) is 0. The molecule has 0 saturated carbocycles. The summed E-state index contributed by atoms with van der Waals surface area (Å²) in [5.74, 6) is 0. The third-order valence-corrected chi connectivity index (χ3v) is 2.47. The summed E-state index contributed by atoms with van der Waals surface area (Å²) in [5, 5.41) is 0. The molecule has 0 spiro atoms. The van der Waals surface area contributed by atoms with E-state index in [4.69, 9.17) is 0 Å². The summed E-state index contributed by atoms with van der Waals surface area (Å²) in [7, 11) is 0. The minimum absolute atomic E-state index is 1.24. The molecule has 0 atom stereocenters. The van der Waals surface area contributed by atoms with Crippen LogP contribution in [0.15, 0.2) is 24.3 Å². The summed E-state index contributed by atoms with van der Waals surface area (Å²) in [5.41, 5.74) is 2.76. The van der Waals surface area contributed by atoms with Gasteiger partial charge in [0.2, 0.25) is 0 Å². The molecule has 0 N–H and O–H groups in total. The predicted octanol–water partition coefficient (Wildman–Crippen LogP) is 2.60. The minimum Gasteiger partial charge on any atom is -0.372 e. The second-order valence-corrected chi connectivity index (χ2v) is 3.53. The zero-order chi connectivity index (χ0) is 8.39. The number of aryl methyl sites for hydroxylation is 1. The largest absolute Gasteiger partial charge is 0.372 e. The Labute approximate surface area is 74.0 Å². The summed E-state index contributed by atoms with van der Waals surface area (Å²) >= 11 is 0. The molecule has 1 saturated heterocycles. The van der Waals surface area contributed by atoms with Crippen LogP contribution in [0.2, 0.25) is 0 Å². The van der Waals surface area contributed by atoms with Crippen molar-refractivity contribution in [3.8, 4) is 0 Å². The molecule has 1 aromatic rings. The molecule has 1 heteroatoms. The molecule has 2 rings (SSSR count). The molecule has 0 aliphatic carbocycles. The molecule has 0 bridgehead atoms. The van der Waals surface area contributed by atoms with Crippen molar-refractivity contribution >= 4 is 5.69 Å². The normalized spacial score (nSPS) is 16.9. The van der Waals surface area contributed by atoms with Crippen LogP contribution in [0.5, 0.6) is 0 Å². The van der Waals surface area contributed by atoms with Gasteiger partial charge in [-0.15, -0.1) is 0 Å². The number of benzene rings is 1. The molecular weight excluding hydrogens is 146 g/mol. The molecule has 1 aliphatic rings. The third kappa shape index (κ3) is 1.45. The standard InChI is InChI=1S/C11H15N/c1-10-5-4-6-11(9-10)12-7-2-3-8-12/h4-6,9H,2-3,7-8H2,1H3. The van der Waals surface area contributed by atoms with Crippen molar-refractivity contribution in [1.82, 2.24) is 0 Å². The zero-order valence-corrected chi connectivity index (χ0v) is 7.59. The fourth-order valence-electron chi connectivity index (χ4n) is 1.80. The third-order valence-electron chi connectivity index (χ3n) is 2.47. The van der Waals surface area contributed by atoms with Gasteiger partial charge in [0.15, 0.2) is 0 Å². The van der Waals surface area contributed by atoms with E-state index >= 15 is 0 Å². The van der Waals surface area contributed by atoms with Gasteiger partial charge in [0.25, 0.3) is 0 Å². The van der Waals surface area contributed by atoms with Gasteiger partial charge >= 0.3 is 0 Å². The molecule has 1 heterocycles. The Bertz CT molecular complexity index is 261. The van der Waals surface area contributed by atoms with Crippen molar-refractivity contribution in [3.63, 3.8) is 0 Å². The fourth-order valence-corrected chi connectivity index (χ4v) is 1.80. The van der Waals surface area contributed by atoms with Crippen LogP contribution in [0.25, 0.3) is 0 Å². The summed E-state index contributed by atoms with van der Waals surface area (Å²) in [6.07, 6.45) is 2.71. The highest BCUT2D eigenvalue weighted by molar-refractivity contribution is 5.48. The Balaban J connectivity index is 2.21. The molecule has 1 aromatic carbocycles. The van der Waals surface area contributed by atoms with Gasteiger partial charge in [0.1, 0.15) is 0 Å². The van der Waals surface area contributed by atoms with Gasteiger partial charge in [-0.3, -0.25) is 0 Å². The van der Waals surface area contributed by atoms with Crippen molar-refractivity contribution in [3.05, 3.63) is 29.8 Å². The number of nitrogens with zero attached hydrogens (tertiary/aromatic N) is 1. The van der Waals surface area contributed by atoms with Crippen molar-refractivity contribution in [2.24, 2.45) is 0 Å².